The number of nitrogens with zero attached hydrogens (tertiary/aromatic N) is 7. The smallest absolute Gasteiger partial charge is 0.180 e. The molecular formula is C23H28ClN9. The van der Waals surface area contributed by atoms with Gasteiger partial charge in [-0.05, 0) is 37.7 Å². The molecule has 0 spiro atoms. The molecule has 4 heterocycles. The second-order valence-corrected chi connectivity index (χ2v) is 8.79. The summed E-state index contributed by atoms with van der Waals surface area (Å²) in [6.07, 6.45) is 7.29. The average Bonchev–Trinajstić information content (AvgIpc) is 3.24. The molecule has 5 rings (SSSR count). The number of benzene rings is 1. The summed E-state index contributed by atoms with van der Waals surface area (Å²) in [6.45, 7) is 5.75. The number of anilines is 1. The lowest BCUT2D eigenvalue weighted by Gasteiger charge is -2.33. The Hall–Kier alpha value is -3.11. The van der Waals surface area contributed by atoms with Crippen molar-refractivity contribution < 1.29 is 0 Å². The lowest BCUT2D eigenvalue weighted by atomic mass is 9.92. The molecular weight excluding hydrogens is 438 g/mol. The Balaban J connectivity index is 0.00000259. The Labute approximate surface area is 197 Å². The Kier molecular flexibility index (Phi) is 6.31. The van der Waals surface area contributed by atoms with Crippen molar-refractivity contribution in [2.75, 3.05) is 38.1 Å². The van der Waals surface area contributed by atoms with E-state index in [9.17, 15) is 0 Å². The third kappa shape index (κ3) is 4.28. The minimum Gasteiger partial charge on any atom is -0.351 e. The molecule has 0 amide bonds. The fraction of sp³-hybridized carbons (Fsp3) is 0.304. The standard InChI is InChI=1S/C23H25ClN8.H3N/c1-23(25,16-4-3-5-17(24)14-16)22-27-7-6-18(29-22)19-15-28-21-20(26-8-9-32(19)21)31-12-10-30(2)11-13-31;/h3-9,14-15H,10-13,25H2,1-2H3;1H3. The molecule has 10 heteroatoms. The van der Waals surface area contributed by atoms with E-state index in [2.05, 4.69) is 31.8 Å². The van der Waals surface area contributed by atoms with Crippen LogP contribution in [0.1, 0.15) is 18.3 Å². The molecule has 3 aromatic heterocycles. The summed E-state index contributed by atoms with van der Waals surface area (Å²) in [5, 5.41) is 0.626. The number of fused-ring (bicyclic) bond motifs is 1. The summed E-state index contributed by atoms with van der Waals surface area (Å²) in [6, 6.07) is 9.35. The molecule has 1 saturated heterocycles. The highest BCUT2D eigenvalue weighted by Crippen LogP contribution is 2.29. The van der Waals surface area contributed by atoms with Gasteiger partial charge in [-0.3, -0.25) is 4.40 Å². The van der Waals surface area contributed by atoms with Crippen molar-refractivity contribution in [2.24, 2.45) is 5.73 Å². The molecule has 0 radical (unpaired) electrons. The van der Waals surface area contributed by atoms with Crippen molar-refractivity contribution in [2.45, 2.75) is 12.5 Å². The van der Waals surface area contributed by atoms with Gasteiger partial charge in [0.15, 0.2) is 17.3 Å². The minimum atomic E-state index is -0.895. The highest BCUT2D eigenvalue weighted by atomic mass is 35.5. The molecule has 33 heavy (non-hydrogen) atoms. The zero-order valence-electron chi connectivity index (χ0n) is 18.8. The van der Waals surface area contributed by atoms with Gasteiger partial charge in [0, 0.05) is 49.8 Å². The van der Waals surface area contributed by atoms with Crippen molar-refractivity contribution in [1.29, 1.82) is 0 Å². The highest BCUT2D eigenvalue weighted by Gasteiger charge is 2.28. The van der Waals surface area contributed by atoms with E-state index in [-0.39, 0.29) is 6.15 Å². The van der Waals surface area contributed by atoms with Gasteiger partial charge in [0.05, 0.1) is 23.1 Å². The van der Waals surface area contributed by atoms with Gasteiger partial charge in [-0.1, -0.05) is 23.7 Å². The van der Waals surface area contributed by atoms with E-state index in [1.807, 2.05) is 60.2 Å². The van der Waals surface area contributed by atoms with E-state index < -0.39 is 5.54 Å². The number of imidazole rings is 1. The minimum absolute atomic E-state index is 0. The zero-order valence-corrected chi connectivity index (χ0v) is 19.6. The summed E-state index contributed by atoms with van der Waals surface area (Å²) < 4.78 is 2.03. The largest absolute Gasteiger partial charge is 0.351 e. The van der Waals surface area contributed by atoms with Crippen LogP contribution in [0, 0.1) is 0 Å². The number of nitrogens with two attached hydrogens (primary N) is 1. The molecule has 0 aliphatic carbocycles. The Morgan fingerprint density at radius 3 is 2.58 bits per heavy atom. The second kappa shape index (κ2) is 9.03. The van der Waals surface area contributed by atoms with Crippen molar-refractivity contribution in [3.8, 4) is 11.4 Å². The van der Waals surface area contributed by atoms with Crippen LogP contribution < -0.4 is 16.8 Å². The van der Waals surface area contributed by atoms with Crippen molar-refractivity contribution >= 4 is 23.1 Å². The molecule has 1 aromatic carbocycles. The fourth-order valence-corrected chi connectivity index (χ4v) is 4.22. The SMILES string of the molecule is CN1CCN(c2nccn3c(-c4ccnc(C(C)(N)c5cccc(Cl)c5)n4)cnc23)CC1.N. The lowest BCUT2D eigenvalue weighted by molar-refractivity contribution is 0.312. The van der Waals surface area contributed by atoms with Crippen LogP contribution in [-0.4, -0.2) is 62.5 Å². The van der Waals surface area contributed by atoms with E-state index in [0.717, 1.165) is 54.6 Å². The van der Waals surface area contributed by atoms with Crippen LogP contribution in [-0.2, 0) is 5.54 Å². The number of rotatable bonds is 4. The predicted molar refractivity (Wildman–Crippen MR) is 131 cm³/mol. The topological polar surface area (TPSA) is 123 Å². The molecule has 4 aromatic rings. The first-order chi connectivity index (χ1) is 15.4. The van der Waals surface area contributed by atoms with E-state index in [1.54, 1.807) is 6.20 Å². The van der Waals surface area contributed by atoms with Gasteiger partial charge in [-0.15, -0.1) is 0 Å². The van der Waals surface area contributed by atoms with Crippen LogP contribution in [0.15, 0.2) is 55.1 Å². The molecule has 1 fully saturated rings. The van der Waals surface area contributed by atoms with Crippen LogP contribution in [0.3, 0.4) is 0 Å². The second-order valence-electron chi connectivity index (χ2n) is 8.36. The van der Waals surface area contributed by atoms with Gasteiger partial charge < -0.3 is 21.7 Å². The van der Waals surface area contributed by atoms with E-state index in [0.29, 0.717) is 10.8 Å². The summed E-state index contributed by atoms with van der Waals surface area (Å²) in [4.78, 5) is 23.2. The molecule has 172 valence electrons. The Morgan fingerprint density at radius 2 is 1.82 bits per heavy atom. The predicted octanol–water partition coefficient (Wildman–Crippen LogP) is 2.98. The van der Waals surface area contributed by atoms with E-state index >= 15 is 0 Å². The van der Waals surface area contributed by atoms with Crippen molar-refractivity contribution in [1.82, 2.24) is 35.4 Å². The normalized spacial score (nSPS) is 16.4. The maximum Gasteiger partial charge on any atom is 0.180 e. The number of halogens is 1. The first-order valence-electron chi connectivity index (χ1n) is 10.6. The van der Waals surface area contributed by atoms with Crippen LogP contribution >= 0.6 is 11.6 Å². The molecule has 9 nitrogen and oxygen atoms in total. The van der Waals surface area contributed by atoms with Crippen LogP contribution in [0.25, 0.3) is 17.0 Å². The number of hydrogen-bond donors (Lipinski definition) is 2. The van der Waals surface area contributed by atoms with E-state index in [1.165, 1.54) is 0 Å². The molecule has 1 unspecified atom stereocenters. The summed E-state index contributed by atoms with van der Waals surface area (Å²) in [5.41, 5.74) is 9.05. The molecule has 1 aliphatic rings. The molecule has 5 N–H and O–H groups in total. The molecule has 0 bridgehead atoms. The third-order valence-corrected chi connectivity index (χ3v) is 6.25. The summed E-state index contributed by atoms with van der Waals surface area (Å²) in [7, 11) is 2.14. The maximum absolute atomic E-state index is 6.67. The van der Waals surface area contributed by atoms with Gasteiger partial charge >= 0.3 is 0 Å². The summed E-state index contributed by atoms with van der Waals surface area (Å²) >= 11 is 6.18. The van der Waals surface area contributed by atoms with E-state index in [4.69, 9.17) is 22.3 Å². The number of hydrogen-bond acceptors (Lipinski definition) is 8. The highest BCUT2D eigenvalue weighted by molar-refractivity contribution is 6.30. The Morgan fingerprint density at radius 1 is 1.03 bits per heavy atom. The number of likely N-dealkylation sites (N-methyl/N-ethyl adjacent to an activating group) is 1. The average molecular weight is 466 g/mol. The van der Waals surface area contributed by atoms with Gasteiger partial charge in [0.2, 0.25) is 0 Å². The van der Waals surface area contributed by atoms with Gasteiger partial charge in [-0.2, -0.15) is 0 Å². The molecule has 1 atom stereocenters. The van der Waals surface area contributed by atoms with Crippen molar-refractivity contribution in [3.63, 3.8) is 0 Å². The first kappa shape index (κ1) is 23.1. The lowest BCUT2D eigenvalue weighted by Crippen LogP contribution is -2.45. The zero-order chi connectivity index (χ0) is 22.3. The van der Waals surface area contributed by atoms with Crippen LogP contribution in [0.4, 0.5) is 5.82 Å². The van der Waals surface area contributed by atoms with Crippen LogP contribution in [0.2, 0.25) is 5.02 Å². The molecule has 0 saturated carbocycles. The monoisotopic (exact) mass is 465 g/mol. The quantitative estimate of drug-likeness (QED) is 0.471. The molecule has 1 aliphatic heterocycles. The maximum atomic E-state index is 6.67. The fourth-order valence-electron chi connectivity index (χ4n) is 4.03. The van der Waals surface area contributed by atoms with Crippen molar-refractivity contribution in [3.05, 3.63) is 71.5 Å². The third-order valence-electron chi connectivity index (χ3n) is 6.02. The van der Waals surface area contributed by atoms with Crippen LogP contribution in [0.5, 0.6) is 0 Å². The number of aromatic nitrogens is 5. The number of piperazine rings is 1. The first-order valence-corrected chi connectivity index (χ1v) is 11.0. The van der Waals surface area contributed by atoms with Gasteiger partial charge in [0.25, 0.3) is 0 Å². The van der Waals surface area contributed by atoms with Gasteiger partial charge in [-0.25, -0.2) is 19.9 Å². The summed E-state index contributed by atoms with van der Waals surface area (Å²) in [5.74, 6) is 1.41. The van der Waals surface area contributed by atoms with Gasteiger partial charge in [0.1, 0.15) is 0 Å². The Bertz CT molecular complexity index is 1260.